The van der Waals surface area contributed by atoms with Gasteiger partial charge < -0.3 is 179 Å². The van der Waals surface area contributed by atoms with Crippen LogP contribution in [0.1, 0.15) is 49.9 Å². The van der Waals surface area contributed by atoms with Crippen LogP contribution in [0.25, 0.3) is 11.1 Å². The Labute approximate surface area is 598 Å². The molecule has 41 nitrogen and oxygen atoms in total. The van der Waals surface area contributed by atoms with E-state index in [1.165, 1.54) is 30.3 Å². The maximum atomic E-state index is 13.1. The summed E-state index contributed by atoms with van der Waals surface area (Å²) in [4.78, 5) is 62.9. The van der Waals surface area contributed by atoms with Crippen molar-refractivity contribution in [3.8, 4) is 22.6 Å². The molecule has 105 heavy (non-hydrogen) atoms. The zero-order valence-electron chi connectivity index (χ0n) is 56.7. The third kappa shape index (κ3) is 21.5. The summed E-state index contributed by atoms with van der Waals surface area (Å²) in [6, 6.07) is 7.49. The lowest BCUT2D eigenvalue weighted by Gasteiger charge is -2.48. The van der Waals surface area contributed by atoms with E-state index in [2.05, 4.69) is 16.0 Å². The molecular formula is C64H95N3O38. The number of rotatable bonds is 35. The lowest BCUT2D eigenvalue weighted by molar-refractivity contribution is -0.376. The number of aliphatic hydroxyl groups excluding tert-OH is 18. The molecular weight excluding hydrogens is 1420 g/mol. The van der Waals surface area contributed by atoms with E-state index in [-0.39, 0.29) is 62.5 Å². The molecule has 8 rings (SSSR count). The van der Waals surface area contributed by atoms with Gasteiger partial charge in [-0.05, 0) is 60.7 Å². The first-order valence-corrected chi connectivity index (χ1v) is 33.7. The number of hydrogen-bond donors (Lipinski definition) is 22. The highest BCUT2D eigenvalue weighted by Crippen LogP contribution is 2.37. The van der Waals surface area contributed by atoms with Crippen molar-refractivity contribution < 1.29 is 187 Å². The normalized spacial score (nSPS) is 37.9. The van der Waals surface area contributed by atoms with E-state index >= 15 is 0 Å². The number of hydrogen-bond acceptors (Lipinski definition) is 37. The highest BCUT2D eigenvalue weighted by atomic mass is 16.8. The third-order valence-corrected chi connectivity index (χ3v) is 18.1. The number of nitrogens with one attached hydrogen (secondary N) is 3. The fourth-order valence-electron chi connectivity index (χ4n) is 12.4. The number of amides is 3. The fourth-order valence-corrected chi connectivity index (χ4v) is 12.4. The van der Waals surface area contributed by atoms with Crippen molar-refractivity contribution in [3.05, 3.63) is 48.0 Å². The minimum absolute atomic E-state index is 0.0159. The van der Waals surface area contributed by atoms with Gasteiger partial charge in [0, 0.05) is 33.4 Å². The first-order valence-electron chi connectivity index (χ1n) is 33.7. The molecule has 6 aliphatic heterocycles. The maximum Gasteiger partial charge on any atom is 0.335 e. The highest BCUT2D eigenvalue weighted by Gasteiger charge is 2.57. The average molecular weight is 1510 g/mol. The molecule has 0 saturated carbocycles. The number of carbonyl (C=O) groups is 5. The van der Waals surface area contributed by atoms with Crippen LogP contribution in [0.2, 0.25) is 0 Å². The Kier molecular flexibility index (Phi) is 32.1. The van der Waals surface area contributed by atoms with Gasteiger partial charge in [0.15, 0.2) is 50.1 Å². The van der Waals surface area contributed by atoms with Gasteiger partial charge in [-0.15, -0.1) is 0 Å². The topological polar surface area (TPSA) is 635 Å². The van der Waals surface area contributed by atoms with E-state index in [9.17, 15) is 121 Å². The number of Topliss-reactive ketones (excluding diaryl/α,β-unsaturated/α-hetero) is 1. The number of carbonyl (C=O) groups excluding carboxylic acids is 4. The summed E-state index contributed by atoms with van der Waals surface area (Å²) >= 11 is 0. The van der Waals surface area contributed by atoms with Crippen LogP contribution in [0.5, 0.6) is 11.5 Å². The zero-order valence-corrected chi connectivity index (χ0v) is 56.7. The standard InChI is InChI=1S/C64H95N3O38/c1-25(74)66-40-46(82)54(102-63-52(88)56(44(80)35(19-70)98-63)104-61-50(86)48(84)42(78)33(17-68)96-61)37(21-72)100-59(40)92-12-4-3-6-30(76)23-94-32-15-28(14-29(16-32)58(90)91)27-7-9-31(10-8-27)95-24-39(77)65-11-5-13-93-60-41(67-26(2)75)47(83)55(38(22-73)101-60)103-64-53(89)57(45(81)36(20-71)99-64)105-62-51(87)49(85)43(79)34(18-69)97-62/h7-10,14-16,33-38,40-57,59-64,68-73,78-89H,3-6,11-13,17-24H2,1-2H3,(H,65,77)(H,66,74)(H,67,75)(H,90,91)/t33?,34?,35?,36?,37?,38?,40?,41?,42-,43-,44-,45-,46+,47+,48-,49-,50?,51?,52?,53?,54+,55+,56-,57-,59+,60+,61+,62+,63-,64-/m0/s1. The third-order valence-electron chi connectivity index (χ3n) is 18.1. The second-order valence-corrected chi connectivity index (χ2v) is 25.7. The lowest BCUT2D eigenvalue weighted by atomic mass is 9.95. The van der Waals surface area contributed by atoms with Crippen LogP contribution in [0, 0.1) is 0 Å². The molecule has 6 aliphatic rings. The predicted molar refractivity (Wildman–Crippen MR) is 339 cm³/mol. The van der Waals surface area contributed by atoms with Gasteiger partial charge in [0.25, 0.3) is 5.91 Å². The lowest BCUT2D eigenvalue weighted by Crippen LogP contribution is -2.68. The zero-order chi connectivity index (χ0) is 76.7. The molecule has 6 fully saturated rings. The molecule has 12 unspecified atom stereocenters. The maximum absolute atomic E-state index is 13.1. The fraction of sp³-hybridized carbons (Fsp3) is 0.734. The van der Waals surface area contributed by atoms with Gasteiger partial charge >= 0.3 is 5.97 Å². The summed E-state index contributed by atoms with van der Waals surface area (Å²) in [5, 5.41) is 208. The Bertz CT molecular complexity index is 3070. The van der Waals surface area contributed by atoms with E-state index in [1.54, 1.807) is 12.1 Å². The summed E-state index contributed by atoms with van der Waals surface area (Å²) in [5.74, 6) is -3.31. The van der Waals surface area contributed by atoms with Crippen molar-refractivity contribution in [1.82, 2.24) is 16.0 Å². The molecule has 0 aliphatic carbocycles. The number of ketones is 1. The molecule has 2 aromatic carbocycles. The number of ether oxygens (including phenoxy) is 14. The minimum Gasteiger partial charge on any atom is -0.486 e. The minimum atomic E-state index is -2.03. The van der Waals surface area contributed by atoms with Gasteiger partial charge in [-0.25, -0.2) is 4.79 Å². The smallest absolute Gasteiger partial charge is 0.335 e. The van der Waals surface area contributed by atoms with Gasteiger partial charge in [0.05, 0.1) is 51.8 Å². The molecule has 0 bridgehead atoms. The highest BCUT2D eigenvalue weighted by molar-refractivity contribution is 5.90. The molecule has 0 aromatic heterocycles. The van der Waals surface area contributed by atoms with Crippen LogP contribution >= 0.6 is 0 Å². The van der Waals surface area contributed by atoms with Crippen LogP contribution < -0.4 is 25.4 Å². The van der Waals surface area contributed by atoms with E-state index in [1.807, 2.05) is 0 Å². The van der Waals surface area contributed by atoms with Crippen molar-refractivity contribution in [1.29, 1.82) is 0 Å². The van der Waals surface area contributed by atoms with Gasteiger partial charge in [-0.3, -0.25) is 19.2 Å². The summed E-state index contributed by atoms with van der Waals surface area (Å²) in [6.07, 6.45) is -48.3. The molecule has 22 N–H and O–H groups in total. The van der Waals surface area contributed by atoms with Crippen molar-refractivity contribution in [2.24, 2.45) is 0 Å². The average Bonchev–Trinajstić information content (AvgIpc) is 0.774. The molecule has 0 radical (unpaired) electrons. The van der Waals surface area contributed by atoms with Crippen LogP contribution in [0.4, 0.5) is 0 Å². The Morgan fingerprint density at radius 1 is 0.400 bits per heavy atom. The van der Waals surface area contributed by atoms with Gasteiger partial charge in [-0.2, -0.15) is 0 Å². The summed E-state index contributed by atoms with van der Waals surface area (Å²) in [5.41, 5.74) is 0.696. The van der Waals surface area contributed by atoms with E-state index in [4.69, 9.17) is 66.3 Å². The summed E-state index contributed by atoms with van der Waals surface area (Å²) in [6.45, 7) is -4.11. The van der Waals surface area contributed by atoms with Crippen molar-refractivity contribution in [2.75, 3.05) is 72.6 Å². The van der Waals surface area contributed by atoms with Gasteiger partial charge in [0.1, 0.15) is 164 Å². The molecule has 2 aromatic rings. The van der Waals surface area contributed by atoms with Crippen LogP contribution in [0.3, 0.4) is 0 Å². The van der Waals surface area contributed by atoms with E-state index in [0.29, 0.717) is 11.1 Å². The molecule has 30 atom stereocenters. The predicted octanol–water partition coefficient (Wildman–Crippen LogP) is -10.7. The number of aliphatic hydroxyl groups is 18. The van der Waals surface area contributed by atoms with E-state index in [0.717, 1.165) is 13.8 Å². The van der Waals surface area contributed by atoms with E-state index < -0.39 is 266 Å². The second kappa shape index (κ2) is 39.7. The second-order valence-electron chi connectivity index (χ2n) is 25.7. The quantitative estimate of drug-likeness (QED) is 0.0285. The summed E-state index contributed by atoms with van der Waals surface area (Å²) in [7, 11) is 0. The van der Waals surface area contributed by atoms with Crippen molar-refractivity contribution in [2.45, 2.75) is 224 Å². The number of aromatic carboxylic acids is 1. The molecule has 6 heterocycles. The monoisotopic (exact) mass is 1510 g/mol. The SMILES string of the molecule is CC(=O)NC1[C@H](OCCCCC(=O)COc2cc(C(=O)O)cc(-c3ccc(OCC(=O)NCCCO[C@@H]4OC(CO)[C@@H](O[C@@H]5OC(CO)[C@H](O)[C@H](O[C@H]6OC(CO)[C@H](O)[C@H](O)C6O)C5O)[C@H](O)C4NC(C)=O)cc3)c2)OC(CO)[C@@H](O[C@@H]2OC(CO)[C@H](O)[C@H](O[C@H]3OC(CO)[C@H](O)[C@H](O)C3O)C2O)[C@@H]1O. The van der Waals surface area contributed by atoms with Crippen LogP contribution in [0.15, 0.2) is 42.5 Å². The van der Waals surface area contributed by atoms with Crippen molar-refractivity contribution in [3.63, 3.8) is 0 Å². The molecule has 41 heteroatoms. The number of carboxylic acids is 1. The number of unbranched alkanes of at least 4 members (excludes halogenated alkanes) is 1. The molecule has 0 spiro atoms. The molecule has 3 amide bonds. The van der Waals surface area contributed by atoms with Gasteiger partial charge in [-0.1, -0.05) is 12.1 Å². The Balaban J connectivity index is 0.761. The largest absolute Gasteiger partial charge is 0.486 e. The van der Waals surface area contributed by atoms with Crippen molar-refractivity contribution >= 4 is 29.5 Å². The summed E-state index contributed by atoms with van der Waals surface area (Å²) < 4.78 is 79.8. The van der Waals surface area contributed by atoms with Crippen LogP contribution in [-0.4, -0.2) is 383 Å². The first kappa shape index (κ1) is 85.0. The van der Waals surface area contributed by atoms with Gasteiger partial charge in [0.2, 0.25) is 11.8 Å². The Morgan fingerprint density at radius 3 is 1.23 bits per heavy atom. The number of benzene rings is 2. The number of carboxylic acid groups (broad SMARTS) is 1. The Hall–Kier alpha value is -5.61. The molecule has 594 valence electrons. The Morgan fingerprint density at radius 2 is 0.800 bits per heavy atom. The van der Waals surface area contributed by atoms with Crippen LogP contribution in [-0.2, 0) is 76.0 Å². The molecule has 6 saturated heterocycles. The first-order chi connectivity index (χ1) is 50.1.